The van der Waals surface area contributed by atoms with E-state index < -0.39 is 48.9 Å². The summed E-state index contributed by atoms with van der Waals surface area (Å²) in [5, 5.41) is 9.11. The maximum Gasteiger partial charge on any atom is 0.394 e. The molecular weight excluding hydrogens is 377 g/mol. The van der Waals surface area contributed by atoms with Crippen molar-refractivity contribution in [1.29, 1.82) is 0 Å². The minimum absolute atomic E-state index is 0.123. The van der Waals surface area contributed by atoms with Crippen LogP contribution in [0.4, 0.5) is 13.2 Å². The third-order valence-corrected chi connectivity index (χ3v) is 5.45. The number of carboxylic acids is 1. The number of halogens is 3. The minimum atomic E-state index is -4.68. The summed E-state index contributed by atoms with van der Waals surface area (Å²) in [6.45, 7) is -0.512. The summed E-state index contributed by atoms with van der Waals surface area (Å²) in [6.07, 6.45) is -3.66. The van der Waals surface area contributed by atoms with Crippen molar-refractivity contribution in [3.8, 4) is 0 Å². The molecule has 28 heavy (non-hydrogen) atoms. The van der Waals surface area contributed by atoms with Crippen LogP contribution in [0.2, 0.25) is 0 Å². The summed E-state index contributed by atoms with van der Waals surface area (Å²) < 4.78 is 39.5. The number of alkyl halides is 3. The van der Waals surface area contributed by atoms with Crippen LogP contribution < -0.4 is 0 Å². The van der Waals surface area contributed by atoms with E-state index in [4.69, 9.17) is 5.11 Å². The number of carbonyl (C=O) groups excluding carboxylic acids is 2. The van der Waals surface area contributed by atoms with Crippen molar-refractivity contribution in [2.24, 2.45) is 17.8 Å². The third kappa shape index (κ3) is 4.13. The highest BCUT2D eigenvalue weighted by molar-refractivity contribution is 5.94. The summed E-state index contributed by atoms with van der Waals surface area (Å²) in [7, 11) is 0. The standard InChI is InChI=1S/C19H21F3N2O4/c20-19(21,22)15-11-24(10-14(15)18(27)28)17(26)13-7-4-8-23(9-13)16(25)12-5-2-1-3-6-12/h1-3,5-6,13-15H,4,7-11H2,(H,27,28)/t13?,14-,15-/m1/s1. The van der Waals surface area contributed by atoms with Gasteiger partial charge in [-0.2, -0.15) is 13.2 Å². The van der Waals surface area contributed by atoms with Gasteiger partial charge in [0.1, 0.15) is 0 Å². The second-order valence-electron chi connectivity index (χ2n) is 7.29. The molecule has 2 aliphatic rings. The first-order valence-corrected chi connectivity index (χ1v) is 9.11. The van der Waals surface area contributed by atoms with Gasteiger partial charge in [0.05, 0.1) is 17.8 Å². The van der Waals surface area contributed by atoms with Crippen molar-refractivity contribution in [3.05, 3.63) is 35.9 Å². The lowest BCUT2D eigenvalue weighted by atomic mass is 9.96. The Labute approximate surface area is 159 Å². The summed E-state index contributed by atoms with van der Waals surface area (Å²) in [5.41, 5.74) is 0.486. The molecule has 0 radical (unpaired) electrons. The quantitative estimate of drug-likeness (QED) is 0.847. The van der Waals surface area contributed by atoms with Gasteiger partial charge in [-0.15, -0.1) is 0 Å². The summed E-state index contributed by atoms with van der Waals surface area (Å²) in [4.78, 5) is 39.1. The molecule has 152 valence electrons. The highest BCUT2D eigenvalue weighted by Gasteiger charge is 2.54. The largest absolute Gasteiger partial charge is 0.481 e. The molecule has 1 unspecified atom stereocenters. The van der Waals surface area contributed by atoms with E-state index in [1.165, 1.54) is 4.90 Å². The van der Waals surface area contributed by atoms with Crippen molar-refractivity contribution >= 4 is 17.8 Å². The molecule has 6 nitrogen and oxygen atoms in total. The predicted molar refractivity (Wildman–Crippen MR) is 92.3 cm³/mol. The predicted octanol–water partition coefficient (Wildman–Crippen LogP) is 2.26. The Bertz CT molecular complexity index is 753. The van der Waals surface area contributed by atoms with Crippen LogP contribution in [0.3, 0.4) is 0 Å². The zero-order valence-corrected chi connectivity index (χ0v) is 15.1. The molecule has 0 bridgehead atoms. The highest BCUT2D eigenvalue weighted by Crippen LogP contribution is 2.38. The molecule has 2 saturated heterocycles. The van der Waals surface area contributed by atoms with Gasteiger partial charge >= 0.3 is 12.1 Å². The first-order chi connectivity index (χ1) is 13.2. The topological polar surface area (TPSA) is 77.9 Å². The molecular formula is C19H21F3N2O4. The third-order valence-electron chi connectivity index (χ3n) is 5.45. The van der Waals surface area contributed by atoms with Gasteiger partial charge in [-0.1, -0.05) is 18.2 Å². The Morgan fingerprint density at radius 1 is 1.00 bits per heavy atom. The fourth-order valence-electron chi connectivity index (χ4n) is 3.95. The molecule has 3 rings (SSSR count). The van der Waals surface area contributed by atoms with Gasteiger partial charge in [-0.25, -0.2) is 0 Å². The molecule has 3 atom stereocenters. The normalized spacial score (nSPS) is 25.6. The zero-order chi connectivity index (χ0) is 20.5. The van der Waals surface area contributed by atoms with Crippen LogP contribution in [0.15, 0.2) is 30.3 Å². The van der Waals surface area contributed by atoms with Crippen LogP contribution in [0.1, 0.15) is 23.2 Å². The Balaban J connectivity index is 1.69. The summed E-state index contributed by atoms with van der Waals surface area (Å²) in [6, 6.07) is 8.57. The molecule has 1 N–H and O–H groups in total. The van der Waals surface area contributed by atoms with Gasteiger partial charge in [0.2, 0.25) is 5.91 Å². The maximum atomic E-state index is 13.2. The Hall–Kier alpha value is -2.58. The molecule has 9 heteroatoms. The molecule has 0 aliphatic carbocycles. The molecule has 2 fully saturated rings. The first-order valence-electron chi connectivity index (χ1n) is 9.11. The molecule has 0 aromatic heterocycles. The van der Waals surface area contributed by atoms with E-state index in [0.29, 0.717) is 24.9 Å². The number of carbonyl (C=O) groups is 3. The van der Waals surface area contributed by atoms with Crippen LogP contribution in [-0.4, -0.2) is 65.0 Å². The van der Waals surface area contributed by atoms with E-state index in [1.54, 1.807) is 30.3 Å². The van der Waals surface area contributed by atoms with E-state index in [-0.39, 0.29) is 12.5 Å². The Kier molecular flexibility index (Phi) is 5.62. The van der Waals surface area contributed by atoms with Gasteiger partial charge in [-0.3, -0.25) is 14.4 Å². The van der Waals surface area contributed by atoms with E-state index in [1.807, 2.05) is 0 Å². The number of carboxylic acid groups (broad SMARTS) is 1. The number of aliphatic carboxylic acids is 1. The number of nitrogens with zero attached hydrogens (tertiary/aromatic N) is 2. The van der Waals surface area contributed by atoms with Crippen molar-refractivity contribution < 1.29 is 32.7 Å². The zero-order valence-electron chi connectivity index (χ0n) is 15.1. The summed E-state index contributed by atoms with van der Waals surface area (Å²) >= 11 is 0. The van der Waals surface area contributed by atoms with E-state index >= 15 is 0 Å². The fraction of sp³-hybridized carbons (Fsp3) is 0.526. The fourth-order valence-corrected chi connectivity index (χ4v) is 3.95. The maximum absolute atomic E-state index is 13.2. The second kappa shape index (κ2) is 7.81. The van der Waals surface area contributed by atoms with Crippen LogP contribution >= 0.6 is 0 Å². The molecule has 2 heterocycles. The van der Waals surface area contributed by atoms with Crippen LogP contribution in [0.5, 0.6) is 0 Å². The van der Waals surface area contributed by atoms with Crippen LogP contribution in [0, 0.1) is 17.8 Å². The van der Waals surface area contributed by atoms with Gasteiger partial charge < -0.3 is 14.9 Å². The highest BCUT2D eigenvalue weighted by atomic mass is 19.4. The van der Waals surface area contributed by atoms with E-state index in [9.17, 15) is 27.6 Å². The number of rotatable bonds is 3. The number of amides is 2. The Morgan fingerprint density at radius 3 is 2.25 bits per heavy atom. The van der Waals surface area contributed by atoms with Crippen molar-refractivity contribution in [3.63, 3.8) is 0 Å². The minimum Gasteiger partial charge on any atom is -0.481 e. The van der Waals surface area contributed by atoms with Gasteiger partial charge in [0, 0.05) is 31.7 Å². The average Bonchev–Trinajstić information content (AvgIpc) is 3.14. The molecule has 2 aliphatic heterocycles. The lowest BCUT2D eigenvalue weighted by Crippen LogP contribution is -2.46. The molecule has 0 saturated carbocycles. The average molecular weight is 398 g/mol. The lowest BCUT2D eigenvalue weighted by molar-refractivity contribution is -0.188. The molecule has 0 spiro atoms. The second-order valence-corrected chi connectivity index (χ2v) is 7.29. The molecule has 1 aromatic rings. The summed E-state index contributed by atoms with van der Waals surface area (Å²) in [5.74, 6) is -6.64. The molecule has 1 aromatic carbocycles. The van der Waals surface area contributed by atoms with Crippen molar-refractivity contribution in [2.45, 2.75) is 19.0 Å². The van der Waals surface area contributed by atoms with E-state index in [2.05, 4.69) is 0 Å². The monoisotopic (exact) mass is 398 g/mol. The Morgan fingerprint density at radius 2 is 1.68 bits per heavy atom. The van der Waals surface area contributed by atoms with Crippen molar-refractivity contribution in [2.75, 3.05) is 26.2 Å². The number of hydrogen-bond donors (Lipinski definition) is 1. The van der Waals surface area contributed by atoms with Crippen LogP contribution in [-0.2, 0) is 9.59 Å². The van der Waals surface area contributed by atoms with E-state index in [0.717, 1.165) is 4.90 Å². The number of benzene rings is 1. The smallest absolute Gasteiger partial charge is 0.394 e. The van der Waals surface area contributed by atoms with Gasteiger partial charge in [0.25, 0.3) is 5.91 Å². The number of hydrogen-bond acceptors (Lipinski definition) is 3. The van der Waals surface area contributed by atoms with Crippen LogP contribution in [0.25, 0.3) is 0 Å². The lowest BCUT2D eigenvalue weighted by Gasteiger charge is -2.34. The van der Waals surface area contributed by atoms with Gasteiger partial charge in [-0.05, 0) is 25.0 Å². The van der Waals surface area contributed by atoms with Gasteiger partial charge in [0.15, 0.2) is 0 Å². The number of piperidine rings is 1. The number of likely N-dealkylation sites (tertiary alicyclic amines) is 2. The van der Waals surface area contributed by atoms with Crippen molar-refractivity contribution in [1.82, 2.24) is 9.80 Å². The first kappa shape index (κ1) is 20.2. The molecule has 2 amide bonds. The SMILES string of the molecule is O=C(O)[C@@H]1CN(C(=O)C2CCCN(C(=O)c3ccccc3)C2)C[C@H]1C(F)(F)F.